The number of fused-ring (bicyclic) bond motifs is 1. The largest absolute Gasteiger partial charge is 0.494 e. The van der Waals surface area contributed by atoms with Crippen LogP contribution >= 0.6 is 11.6 Å². The van der Waals surface area contributed by atoms with Crippen LogP contribution in [0.5, 0.6) is 5.75 Å². The van der Waals surface area contributed by atoms with E-state index in [2.05, 4.69) is 41.1 Å². The Balaban J connectivity index is 1.57. The van der Waals surface area contributed by atoms with Gasteiger partial charge in [-0.25, -0.2) is 4.98 Å². The van der Waals surface area contributed by atoms with Crippen molar-refractivity contribution in [3.05, 3.63) is 47.1 Å². The normalized spacial score (nSPS) is 14.3. The standard InChI is InChI=1S/C21H24ClN3O/c1-25(2)10-3-11-26-17-8-6-15(7-9-17)20-19(14-4-5-14)18-12-16(22)13-23-21(18)24-20/h6-9,12-14H,3-5,10-11H2,1-2H3,(H,23,24). The molecular formula is C21H24ClN3O. The number of halogens is 1. The van der Waals surface area contributed by atoms with Crippen LogP contribution in [0.1, 0.15) is 30.7 Å². The van der Waals surface area contributed by atoms with E-state index < -0.39 is 0 Å². The summed E-state index contributed by atoms with van der Waals surface area (Å²) in [6.07, 6.45) is 5.19. The number of hydrogen-bond donors (Lipinski definition) is 1. The third kappa shape index (κ3) is 3.71. The van der Waals surface area contributed by atoms with E-state index in [4.69, 9.17) is 16.3 Å². The van der Waals surface area contributed by atoms with Crippen LogP contribution in [-0.4, -0.2) is 42.1 Å². The smallest absolute Gasteiger partial charge is 0.138 e. The topological polar surface area (TPSA) is 41.1 Å². The molecule has 1 aliphatic carbocycles. The van der Waals surface area contributed by atoms with E-state index >= 15 is 0 Å². The van der Waals surface area contributed by atoms with Gasteiger partial charge in [-0.2, -0.15) is 0 Å². The molecule has 1 aromatic carbocycles. The first-order chi connectivity index (χ1) is 12.6. The molecule has 1 saturated carbocycles. The number of nitrogens with zero attached hydrogens (tertiary/aromatic N) is 2. The molecule has 2 aromatic heterocycles. The minimum Gasteiger partial charge on any atom is -0.494 e. The minimum atomic E-state index is 0.612. The summed E-state index contributed by atoms with van der Waals surface area (Å²) in [7, 11) is 4.16. The molecule has 136 valence electrons. The second kappa shape index (κ2) is 7.29. The third-order valence-electron chi connectivity index (χ3n) is 4.80. The van der Waals surface area contributed by atoms with Crippen LogP contribution < -0.4 is 4.74 Å². The van der Waals surface area contributed by atoms with E-state index in [-0.39, 0.29) is 0 Å². The van der Waals surface area contributed by atoms with E-state index in [0.29, 0.717) is 10.9 Å². The average Bonchev–Trinajstić information content (AvgIpc) is 3.39. The maximum atomic E-state index is 6.18. The molecule has 0 amide bonds. The molecule has 1 N–H and O–H groups in total. The molecule has 0 atom stereocenters. The number of ether oxygens (including phenoxy) is 1. The SMILES string of the molecule is CN(C)CCCOc1ccc(-c2[nH]c3ncc(Cl)cc3c2C2CC2)cc1. The van der Waals surface area contributed by atoms with Gasteiger partial charge in [0.25, 0.3) is 0 Å². The van der Waals surface area contributed by atoms with Crippen molar-refractivity contribution in [3.8, 4) is 17.0 Å². The Labute approximate surface area is 159 Å². The Kier molecular flexibility index (Phi) is 4.88. The summed E-state index contributed by atoms with van der Waals surface area (Å²) in [4.78, 5) is 10.1. The number of nitrogens with one attached hydrogen (secondary N) is 1. The number of benzene rings is 1. The molecule has 2 heterocycles. The van der Waals surface area contributed by atoms with E-state index in [1.165, 1.54) is 24.0 Å². The zero-order valence-electron chi connectivity index (χ0n) is 15.3. The molecule has 0 saturated heterocycles. The Morgan fingerprint density at radius 3 is 2.69 bits per heavy atom. The van der Waals surface area contributed by atoms with Gasteiger partial charge in [-0.1, -0.05) is 11.6 Å². The van der Waals surface area contributed by atoms with Gasteiger partial charge in [0.2, 0.25) is 0 Å². The van der Waals surface area contributed by atoms with E-state index in [1.54, 1.807) is 6.20 Å². The van der Waals surface area contributed by atoms with Gasteiger partial charge in [-0.3, -0.25) is 0 Å². The van der Waals surface area contributed by atoms with Crippen molar-refractivity contribution in [2.24, 2.45) is 0 Å². The van der Waals surface area contributed by atoms with Crippen molar-refractivity contribution in [2.75, 3.05) is 27.2 Å². The summed E-state index contributed by atoms with van der Waals surface area (Å²) in [5.74, 6) is 1.53. The van der Waals surface area contributed by atoms with Gasteiger partial charge in [0, 0.05) is 18.1 Å². The predicted molar refractivity (Wildman–Crippen MR) is 107 cm³/mol. The Bertz CT molecular complexity index is 898. The lowest BCUT2D eigenvalue weighted by Gasteiger charge is -2.11. The monoisotopic (exact) mass is 369 g/mol. The highest BCUT2D eigenvalue weighted by Gasteiger charge is 2.30. The fourth-order valence-corrected chi connectivity index (χ4v) is 3.53. The van der Waals surface area contributed by atoms with E-state index in [9.17, 15) is 0 Å². The molecular weight excluding hydrogens is 346 g/mol. The highest BCUT2D eigenvalue weighted by Crippen LogP contribution is 2.47. The summed E-state index contributed by atoms with van der Waals surface area (Å²) in [6, 6.07) is 10.4. The van der Waals surface area contributed by atoms with Crippen molar-refractivity contribution >= 4 is 22.6 Å². The van der Waals surface area contributed by atoms with Crippen molar-refractivity contribution in [3.63, 3.8) is 0 Å². The van der Waals surface area contributed by atoms with Crippen LogP contribution in [0.15, 0.2) is 36.5 Å². The molecule has 0 aliphatic heterocycles. The first kappa shape index (κ1) is 17.4. The molecule has 26 heavy (non-hydrogen) atoms. The van der Waals surface area contributed by atoms with Crippen molar-refractivity contribution in [2.45, 2.75) is 25.2 Å². The number of aromatic amines is 1. The molecule has 0 spiro atoms. The van der Waals surface area contributed by atoms with E-state index in [0.717, 1.165) is 42.0 Å². The van der Waals surface area contributed by atoms with Crippen LogP contribution in [0.4, 0.5) is 0 Å². The van der Waals surface area contributed by atoms with Gasteiger partial charge >= 0.3 is 0 Å². The van der Waals surface area contributed by atoms with Crippen LogP contribution in [0.3, 0.4) is 0 Å². The average molecular weight is 370 g/mol. The predicted octanol–water partition coefficient (Wildman–Crippen LogP) is 5.09. The summed E-state index contributed by atoms with van der Waals surface area (Å²) < 4.78 is 5.85. The maximum absolute atomic E-state index is 6.18. The van der Waals surface area contributed by atoms with Gasteiger partial charge in [-0.05, 0) is 80.7 Å². The van der Waals surface area contributed by atoms with Crippen LogP contribution in [0.2, 0.25) is 5.02 Å². The lowest BCUT2D eigenvalue weighted by atomic mass is 10.0. The van der Waals surface area contributed by atoms with Crippen molar-refractivity contribution in [1.82, 2.24) is 14.9 Å². The molecule has 3 aromatic rings. The summed E-state index contributed by atoms with van der Waals surface area (Å²) in [5, 5.41) is 1.84. The molecule has 0 bridgehead atoms. The van der Waals surface area contributed by atoms with Crippen LogP contribution in [-0.2, 0) is 0 Å². The van der Waals surface area contributed by atoms with Gasteiger partial charge in [0.15, 0.2) is 0 Å². The van der Waals surface area contributed by atoms with Crippen molar-refractivity contribution in [1.29, 1.82) is 0 Å². The van der Waals surface area contributed by atoms with Gasteiger partial charge < -0.3 is 14.6 Å². The Hall–Kier alpha value is -2.04. The molecule has 0 radical (unpaired) electrons. The molecule has 1 aliphatic rings. The molecule has 4 rings (SSSR count). The highest BCUT2D eigenvalue weighted by molar-refractivity contribution is 6.31. The summed E-state index contributed by atoms with van der Waals surface area (Å²) in [5.41, 5.74) is 4.60. The maximum Gasteiger partial charge on any atom is 0.138 e. The molecule has 0 unspecified atom stereocenters. The number of pyridine rings is 1. The second-order valence-electron chi connectivity index (χ2n) is 7.27. The first-order valence-electron chi connectivity index (χ1n) is 9.17. The zero-order chi connectivity index (χ0) is 18.1. The fourth-order valence-electron chi connectivity index (χ4n) is 3.38. The van der Waals surface area contributed by atoms with Gasteiger partial charge in [0.1, 0.15) is 11.4 Å². The highest BCUT2D eigenvalue weighted by atomic mass is 35.5. The third-order valence-corrected chi connectivity index (χ3v) is 5.01. The lowest BCUT2D eigenvalue weighted by molar-refractivity contribution is 0.281. The fraction of sp³-hybridized carbons (Fsp3) is 0.381. The summed E-state index contributed by atoms with van der Waals surface area (Å²) >= 11 is 6.18. The van der Waals surface area contributed by atoms with Gasteiger partial charge in [0.05, 0.1) is 17.3 Å². The molecule has 4 nitrogen and oxygen atoms in total. The first-order valence-corrected chi connectivity index (χ1v) is 9.54. The number of H-pyrrole nitrogens is 1. The minimum absolute atomic E-state index is 0.612. The quantitative estimate of drug-likeness (QED) is 0.589. The number of hydrogen-bond acceptors (Lipinski definition) is 3. The number of rotatable bonds is 7. The number of aromatic nitrogens is 2. The second-order valence-corrected chi connectivity index (χ2v) is 7.70. The van der Waals surface area contributed by atoms with Crippen LogP contribution in [0.25, 0.3) is 22.3 Å². The van der Waals surface area contributed by atoms with Crippen molar-refractivity contribution < 1.29 is 4.74 Å². The van der Waals surface area contributed by atoms with E-state index in [1.807, 2.05) is 18.2 Å². The zero-order valence-corrected chi connectivity index (χ0v) is 16.0. The van der Waals surface area contributed by atoms with Gasteiger partial charge in [-0.15, -0.1) is 0 Å². The summed E-state index contributed by atoms with van der Waals surface area (Å²) in [6.45, 7) is 1.77. The molecule has 1 fully saturated rings. The van der Waals surface area contributed by atoms with Crippen LogP contribution in [0, 0.1) is 0 Å². The lowest BCUT2D eigenvalue weighted by Crippen LogP contribution is -2.15. The molecule has 5 heteroatoms. The Morgan fingerprint density at radius 2 is 2.00 bits per heavy atom. The Morgan fingerprint density at radius 1 is 1.23 bits per heavy atom.